The molecule has 0 saturated carbocycles. The fourth-order valence-electron chi connectivity index (χ4n) is 1.08. The SMILES string of the molecule is CCCn1ccc(C(=O)OC)c1. The van der Waals surface area contributed by atoms with Gasteiger partial charge in [0.2, 0.25) is 0 Å². The third-order valence-electron chi connectivity index (χ3n) is 1.65. The van der Waals surface area contributed by atoms with Crippen LogP contribution in [-0.2, 0) is 11.3 Å². The number of rotatable bonds is 3. The van der Waals surface area contributed by atoms with Gasteiger partial charge in [-0.1, -0.05) is 6.92 Å². The third kappa shape index (κ3) is 1.87. The maximum absolute atomic E-state index is 11.0. The average Bonchev–Trinajstić information content (AvgIpc) is 2.52. The molecule has 1 rings (SSSR count). The van der Waals surface area contributed by atoms with Crippen molar-refractivity contribution in [2.45, 2.75) is 19.9 Å². The van der Waals surface area contributed by atoms with Gasteiger partial charge in [0.25, 0.3) is 0 Å². The first-order valence-electron chi connectivity index (χ1n) is 4.02. The first kappa shape index (κ1) is 8.84. The van der Waals surface area contributed by atoms with Gasteiger partial charge in [0, 0.05) is 18.9 Å². The van der Waals surface area contributed by atoms with E-state index in [-0.39, 0.29) is 5.97 Å². The standard InChI is InChI=1S/C9H13NO2/c1-3-5-10-6-4-8(7-10)9(11)12-2/h4,6-7H,3,5H2,1-2H3. The topological polar surface area (TPSA) is 31.2 Å². The summed E-state index contributed by atoms with van der Waals surface area (Å²) < 4.78 is 6.55. The Hall–Kier alpha value is -1.25. The van der Waals surface area contributed by atoms with E-state index in [0.717, 1.165) is 13.0 Å². The quantitative estimate of drug-likeness (QED) is 0.641. The summed E-state index contributed by atoms with van der Waals surface area (Å²) in [7, 11) is 1.39. The van der Waals surface area contributed by atoms with Crippen molar-refractivity contribution in [3.05, 3.63) is 24.0 Å². The molecule has 0 fully saturated rings. The second-order valence-electron chi connectivity index (χ2n) is 2.63. The van der Waals surface area contributed by atoms with Crippen molar-refractivity contribution in [1.82, 2.24) is 4.57 Å². The summed E-state index contributed by atoms with van der Waals surface area (Å²) in [5.41, 5.74) is 0.617. The molecule has 3 nitrogen and oxygen atoms in total. The molecule has 0 aliphatic heterocycles. The summed E-state index contributed by atoms with van der Waals surface area (Å²) in [6.07, 6.45) is 4.75. The van der Waals surface area contributed by atoms with Gasteiger partial charge in [-0.25, -0.2) is 4.79 Å². The highest BCUT2D eigenvalue weighted by atomic mass is 16.5. The molecule has 1 aromatic rings. The van der Waals surface area contributed by atoms with E-state index in [4.69, 9.17) is 0 Å². The van der Waals surface area contributed by atoms with Gasteiger partial charge in [-0.05, 0) is 12.5 Å². The van der Waals surface area contributed by atoms with Crippen LogP contribution in [0, 0.1) is 0 Å². The van der Waals surface area contributed by atoms with Crippen molar-refractivity contribution in [2.24, 2.45) is 0 Å². The molecule has 0 saturated heterocycles. The number of aryl methyl sites for hydroxylation is 1. The summed E-state index contributed by atoms with van der Waals surface area (Å²) in [5.74, 6) is -0.273. The maximum atomic E-state index is 11.0. The first-order chi connectivity index (χ1) is 5.77. The number of carbonyl (C=O) groups excluding carboxylic acids is 1. The zero-order chi connectivity index (χ0) is 8.97. The van der Waals surface area contributed by atoms with Crippen molar-refractivity contribution in [2.75, 3.05) is 7.11 Å². The number of hydrogen-bond acceptors (Lipinski definition) is 2. The van der Waals surface area contributed by atoms with Crippen LogP contribution in [0.15, 0.2) is 18.5 Å². The number of methoxy groups -OCH3 is 1. The summed E-state index contributed by atoms with van der Waals surface area (Å²) in [5, 5.41) is 0. The Labute approximate surface area is 72.0 Å². The summed E-state index contributed by atoms with van der Waals surface area (Å²) >= 11 is 0. The fourth-order valence-corrected chi connectivity index (χ4v) is 1.08. The minimum absolute atomic E-state index is 0.273. The minimum Gasteiger partial charge on any atom is -0.465 e. The monoisotopic (exact) mass is 167 g/mol. The van der Waals surface area contributed by atoms with Crippen LogP contribution in [0.2, 0.25) is 0 Å². The van der Waals surface area contributed by atoms with Crippen molar-refractivity contribution in [3.63, 3.8) is 0 Å². The van der Waals surface area contributed by atoms with Crippen molar-refractivity contribution >= 4 is 5.97 Å². The minimum atomic E-state index is -0.273. The molecule has 1 heterocycles. The Morgan fingerprint density at radius 3 is 3.00 bits per heavy atom. The third-order valence-corrected chi connectivity index (χ3v) is 1.65. The molecule has 0 aliphatic carbocycles. The highest BCUT2D eigenvalue weighted by Gasteiger charge is 2.05. The number of ether oxygens (including phenoxy) is 1. The molecule has 66 valence electrons. The summed E-state index contributed by atoms with van der Waals surface area (Å²) in [6.45, 7) is 3.04. The first-order valence-corrected chi connectivity index (χ1v) is 4.02. The highest BCUT2D eigenvalue weighted by Crippen LogP contribution is 2.03. The predicted molar refractivity (Wildman–Crippen MR) is 46.1 cm³/mol. The van der Waals surface area contributed by atoms with Crippen LogP contribution in [0.5, 0.6) is 0 Å². The van der Waals surface area contributed by atoms with Gasteiger partial charge in [-0.3, -0.25) is 0 Å². The van der Waals surface area contributed by atoms with Gasteiger partial charge in [0.05, 0.1) is 12.7 Å². The Bertz CT molecular complexity index is 265. The van der Waals surface area contributed by atoms with E-state index in [1.807, 2.05) is 10.8 Å². The van der Waals surface area contributed by atoms with E-state index in [1.54, 1.807) is 12.3 Å². The molecule has 3 heteroatoms. The molecule has 0 radical (unpaired) electrons. The van der Waals surface area contributed by atoms with Crippen LogP contribution in [0.1, 0.15) is 23.7 Å². The molecular formula is C9H13NO2. The average molecular weight is 167 g/mol. The van der Waals surface area contributed by atoms with Crippen LogP contribution in [-0.4, -0.2) is 17.6 Å². The molecule has 0 amide bonds. The number of hydrogen-bond donors (Lipinski definition) is 0. The Morgan fingerprint density at radius 2 is 2.42 bits per heavy atom. The Balaban J connectivity index is 2.70. The molecule has 0 unspecified atom stereocenters. The molecular weight excluding hydrogens is 154 g/mol. The Kier molecular flexibility index (Phi) is 2.91. The Morgan fingerprint density at radius 1 is 1.67 bits per heavy atom. The lowest BCUT2D eigenvalue weighted by molar-refractivity contribution is 0.0600. The zero-order valence-electron chi connectivity index (χ0n) is 7.41. The van der Waals surface area contributed by atoms with Crippen LogP contribution in [0.4, 0.5) is 0 Å². The van der Waals surface area contributed by atoms with Crippen LogP contribution < -0.4 is 0 Å². The van der Waals surface area contributed by atoms with E-state index < -0.39 is 0 Å². The summed E-state index contributed by atoms with van der Waals surface area (Å²) in [4.78, 5) is 11.0. The lowest BCUT2D eigenvalue weighted by Crippen LogP contribution is -1.99. The second-order valence-corrected chi connectivity index (χ2v) is 2.63. The van der Waals surface area contributed by atoms with E-state index in [9.17, 15) is 4.79 Å². The van der Waals surface area contributed by atoms with Crippen LogP contribution in [0.25, 0.3) is 0 Å². The van der Waals surface area contributed by atoms with Crippen LogP contribution in [0.3, 0.4) is 0 Å². The molecule has 0 aliphatic rings. The van der Waals surface area contributed by atoms with Gasteiger partial charge in [0.15, 0.2) is 0 Å². The molecule has 0 aromatic carbocycles. The van der Waals surface area contributed by atoms with Crippen molar-refractivity contribution < 1.29 is 9.53 Å². The van der Waals surface area contributed by atoms with Gasteiger partial charge in [-0.2, -0.15) is 0 Å². The van der Waals surface area contributed by atoms with Crippen molar-refractivity contribution in [1.29, 1.82) is 0 Å². The van der Waals surface area contributed by atoms with E-state index in [1.165, 1.54) is 7.11 Å². The predicted octanol–water partition coefficient (Wildman–Crippen LogP) is 1.68. The van der Waals surface area contributed by atoms with Gasteiger partial charge < -0.3 is 9.30 Å². The maximum Gasteiger partial charge on any atom is 0.339 e. The number of aromatic nitrogens is 1. The summed E-state index contributed by atoms with van der Waals surface area (Å²) in [6, 6.07) is 1.77. The van der Waals surface area contributed by atoms with E-state index >= 15 is 0 Å². The van der Waals surface area contributed by atoms with E-state index in [2.05, 4.69) is 11.7 Å². The highest BCUT2D eigenvalue weighted by molar-refractivity contribution is 5.89. The largest absolute Gasteiger partial charge is 0.465 e. The molecule has 0 bridgehead atoms. The van der Waals surface area contributed by atoms with Crippen molar-refractivity contribution in [3.8, 4) is 0 Å². The smallest absolute Gasteiger partial charge is 0.339 e. The number of nitrogens with zero attached hydrogens (tertiary/aromatic N) is 1. The number of carbonyl (C=O) groups is 1. The molecule has 0 spiro atoms. The molecule has 1 aromatic heterocycles. The van der Waals surface area contributed by atoms with Gasteiger partial charge >= 0.3 is 5.97 Å². The fraction of sp³-hybridized carbons (Fsp3) is 0.444. The lowest BCUT2D eigenvalue weighted by Gasteiger charge is -1.97. The van der Waals surface area contributed by atoms with Crippen LogP contribution >= 0.6 is 0 Å². The molecule has 0 atom stereocenters. The lowest BCUT2D eigenvalue weighted by atomic mass is 10.3. The molecule has 0 N–H and O–H groups in total. The molecule has 12 heavy (non-hydrogen) atoms. The number of esters is 1. The van der Waals surface area contributed by atoms with Gasteiger partial charge in [-0.15, -0.1) is 0 Å². The normalized spacial score (nSPS) is 9.83. The zero-order valence-corrected chi connectivity index (χ0v) is 7.41. The second kappa shape index (κ2) is 3.95. The van der Waals surface area contributed by atoms with E-state index in [0.29, 0.717) is 5.56 Å². The van der Waals surface area contributed by atoms with Gasteiger partial charge in [0.1, 0.15) is 0 Å².